The predicted octanol–water partition coefficient (Wildman–Crippen LogP) is 2.32. The van der Waals surface area contributed by atoms with E-state index in [0.29, 0.717) is 21.5 Å². The number of anilines is 2. The van der Waals surface area contributed by atoms with Gasteiger partial charge in [-0.15, -0.1) is 0 Å². The van der Waals surface area contributed by atoms with Gasteiger partial charge in [-0.3, -0.25) is 9.89 Å². The molecule has 5 nitrogen and oxygen atoms in total. The number of hydrogen-bond donors (Lipinski definition) is 3. The standard InChI is InChI=1S/C11H11BrN4O/c1-6-5-14-16-10(6)15-11(17)8-4-7(13)2-3-9(8)12/h2-5H,13H2,1H3,(H2,14,15,16,17). The number of rotatable bonds is 2. The summed E-state index contributed by atoms with van der Waals surface area (Å²) in [6, 6.07) is 5.08. The molecule has 0 radical (unpaired) electrons. The summed E-state index contributed by atoms with van der Waals surface area (Å²) in [6.45, 7) is 1.85. The third kappa shape index (κ3) is 2.47. The Morgan fingerprint density at radius 2 is 2.29 bits per heavy atom. The number of aromatic amines is 1. The number of aryl methyl sites for hydroxylation is 1. The van der Waals surface area contributed by atoms with E-state index in [2.05, 4.69) is 31.4 Å². The summed E-state index contributed by atoms with van der Waals surface area (Å²) in [5.74, 6) is 0.348. The number of amides is 1. The zero-order chi connectivity index (χ0) is 12.4. The molecular formula is C11H11BrN4O. The lowest BCUT2D eigenvalue weighted by atomic mass is 10.2. The number of H-pyrrole nitrogens is 1. The van der Waals surface area contributed by atoms with E-state index < -0.39 is 0 Å². The average Bonchev–Trinajstić information content (AvgIpc) is 2.68. The van der Waals surface area contributed by atoms with Crippen LogP contribution in [0.3, 0.4) is 0 Å². The first-order valence-electron chi connectivity index (χ1n) is 4.94. The molecule has 6 heteroatoms. The Bertz CT molecular complexity index is 564. The molecule has 1 aromatic carbocycles. The van der Waals surface area contributed by atoms with E-state index in [-0.39, 0.29) is 5.91 Å². The highest BCUT2D eigenvalue weighted by Crippen LogP contribution is 2.21. The summed E-state index contributed by atoms with van der Waals surface area (Å²) in [7, 11) is 0. The quantitative estimate of drug-likeness (QED) is 0.743. The molecule has 1 amide bonds. The molecule has 0 aliphatic heterocycles. The number of nitrogens with two attached hydrogens (primary N) is 1. The number of carbonyl (C=O) groups excluding carboxylic acids is 1. The van der Waals surface area contributed by atoms with E-state index in [9.17, 15) is 4.79 Å². The van der Waals surface area contributed by atoms with E-state index in [0.717, 1.165) is 5.56 Å². The fraction of sp³-hybridized carbons (Fsp3) is 0.0909. The molecule has 0 saturated heterocycles. The third-order valence-electron chi connectivity index (χ3n) is 2.30. The Labute approximate surface area is 107 Å². The van der Waals surface area contributed by atoms with Crippen molar-refractivity contribution < 1.29 is 4.79 Å². The number of carbonyl (C=O) groups is 1. The number of benzene rings is 1. The summed E-state index contributed by atoms with van der Waals surface area (Å²) in [5.41, 5.74) is 7.55. The summed E-state index contributed by atoms with van der Waals surface area (Å²) in [4.78, 5) is 12.0. The zero-order valence-electron chi connectivity index (χ0n) is 9.12. The molecule has 0 spiro atoms. The highest BCUT2D eigenvalue weighted by molar-refractivity contribution is 9.10. The largest absolute Gasteiger partial charge is 0.399 e. The van der Waals surface area contributed by atoms with E-state index >= 15 is 0 Å². The van der Waals surface area contributed by atoms with Gasteiger partial charge in [0, 0.05) is 15.7 Å². The first kappa shape index (κ1) is 11.7. The SMILES string of the molecule is Cc1cn[nH]c1NC(=O)c1cc(N)ccc1Br. The minimum absolute atomic E-state index is 0.239. The molecule has 0 atom stereocenters. The van der Waals surface area contributed by atoms with Gasteiger partial charge in [0.05, 0.1) is 11.8 Å². The van der Waals surface area contributed by atoms with E-state index in [4.69, 9.17) is 5.73 Å². The Morgan fingerprint density at radius 1 is 1.53 bits per heavy atom. The summed E-state index contributed by atoms with van der Waals surface area (Å²) >= 11 is 3.31. The molecule has 17 heavy (non-hydrogen) atoms. The van der Waals surface area contributed by atoms with Crippen LogP contribution in [0.1, 0.15) is 15.9 Å². The van der Waals surface area contributed by atoms with Crippen molar-refractivity contribution in [2.75, 3.05) is 11.1 Å². The third-order valence-corrected chi connectivity index (χ3v) is 2.99. The molecule has 2 rings (SSSR count). The van der Waals surface area contributed by atoms with E-state index in [1.807, 2.05) is 6.92 Å². The molecule has 0 bridgehead atoms. The number of halogens is 1. The van der Waals surface area contributed by atoms with E-state index in [1.165, 1.54) is 0 Å². The number of hydrogen-bond acceptors (Lipinski definition) is 3. The van der Waals surface area contributed by atoms with Crippen molar-refractivity contribution in [2.45, 2.75) is 6.92 Å². The summed E-state index contributed by atoms with van der Waals surface area (Å²) < 4.78 is 0.696. The van der Waals surface area contributed by atoms with Crippen LogP contribution in [-0.2, 0) is 0 Å². The minimum Gasteiger partial charge on any atom is -0.399 e. The zero-order valence-corrected chi connectivity index (χ0v) is 10.7. The Morgan fingerprint density at radius 3 is 2.94 bits per heavy atom. The van der Waals surface area contributed by atoms with Crippen LogP contribution in [-0.4, -0.2) is 16.1 Å². The van der Waals surface area contributed by atoms with Gasteiger partial charge in [-0.05, 0) is 41.1 Å². The predicted molar refractivity (Wildman–Crippen MR) is 69.8 cm³/mol. The van der Waals surface area contributed by atoms with Gasteiger partial charge in [0.1, 0.15) is 5.82 Å². The van der Waals surface area contributed by atoms with Gasteiger partial charge in [0.15, 0.2) is 0 Å². The summed E-state index contributed by atoms with van der Waals surface area (Å²) in [5, 5.41) is 9.28. The highest BCUT2D eigenvalue weighted by Gasteiger charge is 2.12. The molecule has 2 aromatic rings. The average molecular weight is 295 g/mol. The molecule has 1 aromatic heterocycles. The van der Waals surface area contributed by atoms with Gasteiger partial charge < -0.3 is 11.1 Å². The van der Waals surface area contributed by atoms with Crippen molar-refractivity contribution >= 4 is 33.3 Å². The van der Waals surface area contributed by atoms with Crippen molar-refractivity contribution in [3.8, 4) is 0 Å². The molecule has 0 saturated carbocycles. The Hall–Kier alpha value is -1.82. The van der Waals surface area contributed by atoms with Crippen LogP contribution in [0.25, 0.3) is 0 Å². The maximum atomic E-state index is 12.0. The molecule has 4 N–H and O–H groups in total. The number of nitrogens with zero attached hydrogens (tertiary/aromatic N) is 1. The van der Waals surface area contributed by atoms with Crippen molar-refractivity contribution in [2.24, 2.45) is 0 Å². The molecule has 0 fully saturated rings. The van der Waals surface area contributed by atoms with Gasteiger partial charge in [0.25, 0.3) is 5.91 Å². The van der Waals surface area contributed by atoms with Crippen molar-refractivity contribution in [1.82, 2.24) is 10.2 Å². The van der Waals surface area contributed by atoms with Crippen LogP contribution in [0.4, 0.5) is 11.5 Å². The molecule has 0 aliphatic carbocycles. The van der Waals surface area contributed by atoms with Crippen LogP contribution >= 0.6 is 15.9 Å². The molecule has 88 valence electrons. The molecule has 0 aliphatic rings. The van der Waals surface area contributed by atoms with Gasteiger partial charge in [-0.2, -0.15) is 5.10 Å². The number of nitrogen functional groups attached to an aromatic ring is 1. The fourth-order valence-electron chi connectivity index (χ4n) is 1.37. The first-order valence-corrected chi connectivity index (χ1v) is 5.73. The normalized spacial score (nSPS) is 10.2. The fourth-order valence-corrected chi connectivity index (χ4v) is 1.80. The number of nitrogens with one attached hydrogen (secondary N) is 2. The second-order valence-corrected chi connectivity index (χ2v) is 4.48. The lowest BCUT2D eigenvalue weighted by molar-refractivity contribution is 0.102. The number of aromatic nitrogens is 2. The van der Waals surface area contributed by atoms with Crippen molar-refractivity contribution in [1.29, 1.82) is 0 Å². The molecule has 0 unspecified atom stereocenters. The minimum atomic E-state index is -0.239. The Balaban J connectivity index is 2.26. The van der Waals surface area contributed by atoms with Gasteiger partial charge in [-0.1, -0.05) is 0 Å². The van der Waals surface area contributed by atoms with Crippen molar-refractivity contribution in [3.05, 3.63) is 40.0 Å². The first-order chi connectivity index (χ1) is 8.08. The van der Waals surface area contributed by atoms with Gasteiger partial charge in [0.2, 0.25) is 0 Å². The molecule has 1 heterocycles. The maximum absolute atomic E-state index is 12.0. The topological polar surface area (TPSA) is 83.8 Å². The maximum Gasteiger partial charge on any atom is 0.258 e. The monoisotopic (exact) mass is 294 g/mol. The highest BCUT2D eigenvalue weighted by atomic mass is 79.9. The smallest absolute Gasteiger partial charge is 0.258 e. The lowest BCUT2D eigenvalue weighted by Crippen LogP contribution is -2.14. The van der Waals surface area contributed by atoms with Crippen LogP contribution in [0, 0.1) is 6.92 Å². The second-order valence-electron chi connectivity index (χ2n) is 3.62. The van der Waals surface area contributed by atoms with Crippen LogP contribution in [0.2, 0.25) is 0 Å². The summed E-state index contributed by atoms with van der Waals surface area (Å²) in [6.07, 6.45) is 1.64. The second kappa shape index (κ2) is 4.58. The molecular weight excluding hydrogens is 284 g/mol. The van der Waals surface area contributed by atoms with Crippen molar-refractivity contribution in [3.63, 3.8) is 0 Å². The van der Waals surface area contributed by atoms with E-state index in [1.54, 1.807) is 24.4 Å². The lowest BCUT2D eigenvalue weighted by Gasteiger charge is -2.06. The van der Waals surface area contributed by atoms with Crippen LogP contribution < -0.4 is 11.1 Å². The Kier molecular flexibility index (Phi) is 3.14. The van der Waals surface area contributed by atoms with Gasteiger partial charge in [-0.25, -0.2) is 0 Å². The van der Waals surface area contributed by atoms with Gasteiger partial charge >= 0.3 is 0 Å². The van der Waals surface area contributed by atoms with Crippen LogP contribution in [0.15, 0.2) is 28.9 Å². The van der Waals surface area contributed by atoms with Crippen LogP contribution in [0.5, 0.6) is 0 Å².